The van der Waals surface area contributed by atoms with Crippen LogP contribution in [0.25, 0.3) is 11.1 Å². The number of hydroxylamine groups is 2. The molecule has 11 heteroatoms. The van der Waals surface area contributed by atoms with Crippen LogP contribution in [-0.4, -0.2) is 104 Å². The first kappa shape index (κ1) is 41.0. The molecule has 1 heterocycles. The van der Waals surface area contributed by atoms with Crippen molar-refractivity contribution in [3.8, 4) is 22.6 Å². The largest absolute Gasteiger partial charge is 0.496 e. The molecule has 6 rings (SSSR count). The number of rotatable bonds is 14. The Labute approximate surface area is 316 Å². The average Bonchev–Trinajstić information content (AvgIpc) is 3.46. The summed E-state index contributed by atoms with van der Waals surface area (Å²) >= 11 is 0. The summed E-state index contributed by atoms with van der Waals surface area (Å²) < 4.78 is 11.7. The SMILES string of the molecule is COc1ccc(-c2cccc(CN3O[C@@H](CO)[C@H]([C@H](C)O)[C@H]3C(=O)NC3C[C@H]4C[C@@H]([C@@H]3C)C4(C)C)c2OC)cc1C(=O)N[C@H](CN(C)C)CC(C)(C)C. The molecule has 3 saturated carbocycles. The zero-order chi connectivity index (χ0) is 39.0. The molecule has 1 saturated heterocycles. The van der Waals surface area contributed by atoms with E-state index in [-0.39, 0.29) is 47.9 Å². The zero-order valence-electron chi connectivity index (χ0n) is 33.7. The van der Waals surface area contributed by atoms with Crippen molar-refractivity contribution in [1.29, 1.82) is 0 Å². The number of hydrogen-bond donors (Lipinski definition) is 4. The lowest BCUT2D eigenvalue weighted by atomic mass is 9.45. The highest BCUT2D eigenvalue weighted by atomic mass is 16.7. The molecular formula is C42H64N4O7. The van der Waals surface area contributed by atoms with Crippen molar-refractivity contribution in [1.82, 2.24) is 20.6 Å². The Morgan fingerprint density at radius 3 is 2.40 bits per heavy atom. The molecule has 2 aromatic rings. The third kappa shape index (κ3) is 8.70. The van der Waals surface area contributed by atoms with Crippen LogP contribution in [0.2, 0.25) is 0 Å². The van der Waals surface area contributed by atoms with Crippen molar-refractivity contribution in [3.05, 3.63) is 47.5 Å². The summed E-state index contributed by atoms with van der Waals surface area (Å²) in [5.41, 5.74) is 2.98. The summed E-state index contributed by atoms with van der Waals surface area (Å²) in [7, 11) is 7.15. The number of ether oxygens (including phenoxy) is 2. The number of hydrogen-bond acceptors (Lipinski definition) is 9. The van der Waals surface area contributed by atoms with E-state index in [4.69, 9.17) is 14.3 Å². The van der Waals surface area contributed by atoms with Crippen molar-refractivity contribution >= 4 is 11.8 Å². The highest BCUT2D eigenvalue weighted by molar-refractivity contribution is 5.98. The van der Waals surface area contributed by atoms with Crippen molar-refractivity contribution in [2.45, 2.75) is 105 Å². The molecule has 11 nitrogen and oxygen atoms in total. The predicted octanol–water partition coefficient (Wildman–Crippen LogP) is 5.13. The molecule has 2 amide bonds. The van der Waals surface area contributed by atoms with Crippen LogP contribution in [0.15, 0.2) is 36.4 Å². The van der Waals surface area contributed by atoms with E-state index in [1.165, 1.54) is 6.42 Å². The van der Waals surface area contributed by atoms with Crippen LogP contribution < -0.4 is 20.1 Å². The number of carbonyl (C=O) groups excluding carboxylic acids is 2. The minimum Gasteiger partial charge on any atom is -0.496 e. The van der Waals surface area contributed by atoms with Crippen LogP contribution in [0, 0.1) is 34.5 Å². The van der Waals surface area contributed by atoms with Crippen molar-refractivity contribution in [2.24, 2.45) is 34.5 Å². The Kier molecular flexibility index (Phi) is 12.6. The average molecular weight is 737 g/mol. The van der Waals surface area contributed by atoms with Gasteiger partial charge in [0.25, 0.3) is 5.91 Å². The standard InChI is InChI=1S/C42H64N4O7/c1-24-32-18-28(42(32,6)7)19-33(24)44-40(50)37-36(25(2)48)35(23-47)53-46(37)21-27-13-12-14-30(38(27)52-11)26-15-16-34(51-10)31(17-26)39(49)43-29(22-45(8)9)20-41(3,4)5/h12-17,24-25,28-29,32-33,35-37,47-48H,18-23H2,1-11H3,(H,43,49)(H,44,50)/t24-,25-,28+,29-,32-,33?,35-,36-,37-/m0/s1. The molecule has 294 valence electrons. The van der Waals surface area contributed by atoms with Gasteiger partial charge in [0.1, 0.15) is 23.6 Å². The Morgan fingerprint density at radius 2 is 1.83 bits per heavy atom. The topological polar surface area (TPSA) is 133 Å². The van der Waals surface area contributed by atoms with Gasteiger partial charge in [0, 0.05) is 35.7 Å². The van der Waals surface area contributed by atoms with Gasteiger partial charge in [0.05, 0.1) is 39.0 Å². The van der Waals surface area contributed by atoms with Crippen LogP contribution in [0.5, 0.6) is 11.5 Å². The predicted molar refractivity (Wildman–Crippen MR) is 206 cm³/mol. The second-order valence-corrected chi connectivity index (χ2v) is 17.8. The number of aliphatic hydroxyl groups excluding tert-OH is 2. The van der Waals surface area contributed by atoms with Gasteiger partial charge in [0.15, 0.2) is 0 Å². The Bertz CT molecular complexity index is 1600. The number of methoxy groups -OCH3 is 2. The Morgan fingerprint density at radius 1 is 1.11 bits per heavy atom. The van der Waals surface area contributed by atoms with E-state index >= 15 is 0 Å². The molecular weight excluding hydrogens is 672 g/mol. The quantitative estimate of drug-likeness (QED) is 0.209. The molecule has 1 unspecified atom stereocenters. The number of nitrogens with zero attached hydrogens (tertiary/aromatic N) is 2. The molecule has 0 radical (unpaired) electrons. The fourth-order valence-corrected chi connectivity index (χ4v) is 9.49. The molecule has 53 heavy (non-hydrogen) atoms. The number of para-hydroxylation sites is 1. The second-order valence-electron chi connectivity index (χ2n) is 17.8. The molecule has 0 spiro atoms. The third-order valence-electron chi connectivity index (χ3n) is 12.2. The van der Waals surface area contributed by atoms with E-state index in [1.54, 1.807) is 32.3 Å². The number of aliphatic hydroxyl groups is 2. The fraction of sp³-hybridized carbons (Fsp3) is 0.667. The maximum absolute atomic E-state index is 14.2. The smallest absolute Gasteiger partial charge is 0.255 e. The van der Waals surface area contributed by atoms with Crippen molar-refractivity contribution in [2.75, 3.05) is 41.5 Å². The van der Waals surface area contributed by atoms with E-state index in [1.807, 2.05) is 44.4 Å². The zero-order valence-corrected chi connectivity index (χ0v) is 33.7. The normalized spacial score (nSPS) is 27.8. The molecule has 4 aliphatic rings. The Hall–Kier alpha value is -3.22. The highest BCUT2D eigenvalue weighted by Gasteiger charge is 2.57. The lowest BCUT2D eigenvalue weighted by Crippen LogP contribution is -2.62. The Balaban J connectivity index is 1.43. The fourth-order valence-electron chi connectivity index (χ4n) is 9.49. The first-order chi connectivity index (χ1) is 24.9. The summed E-state index contributed by atoms with van der Waals surface area (Å²) in [6.07, 6.45) is 1.28. The number of likely N-dealkylation sites (N-methyl/N-ethyl adjacent to an activating group) is 1. The monoisotopic (exact) mass is 736 g/mol. The van der Waals surface area contributed by atoms with Gasteiger partial charge in [-0.1, -0.05) is 65.8 Å². The summed E-state index contributed by atoms with van der Waals surface area (Å²) in [5, 5.41) is 29.4. The van der Waals surface area contributed by atoms with Gasteiger partial charge < -0.3 is 35.2 Å². The molecule has 1 aliphatic heterocycles. The maximum atomic E-state index is 14.2. The molecule has 2 bridgehead atoms. The van der Waals surface area contributed by atoms with E-state index in [0.29, 0.717) is 41.4 Å². The van der Waals surface area contributed by atoms with Crippen LogP contribution in [0.4, 0.5) is 0 Å². The van der Waals surface area contributed by atoms with Crippen molar-refractivity contribution < 1.29 is 34.1 Å². The lowest BCUT2D eigenvalue weighted by molar-refractivity contribution is -0.183. The number of carbonyl (C=O) groups is 2. The van der Waals surface area contributed by atoms with E-state index in [2.05, 4.69) is 57.1 Å². The third-order valence-corrected chi connectivity index (χ3v) is 12.2. The molecule has 4 N–H and O–H groups in total. The van der Waals surface area contributed by atoms with Crippen LogP contribution >= 0.6 is 0 Å². The molecule has 4 fully saturated rings. The first-order valence-corrected chi connectivity index (χ1v) is 19.2. The van der Waals surface area contributed by atoms with E-state index in [0.717, 1.165) is 29.5 Å². The van der Waals surface area contributed by atoms with Gasteiger partial charge in [-0.05, 0) is 86.6 Å². The minimum atomic E-state index is -0.901. The van der Waals surface area contributed by atoms with Crippen LogP contribution in [0.1, 0.15) is 83.7 Å². The molecule has 3 aliphatic carbocycles. The number of benzene rings is 2. The summed E-state index contributed by atoms with van der Waals surface area (Å²) in [6, 6.07) is 10.4. The summed E-state index contributed by atoms with van der Waals surface area (Å²) in [4.78, 5) is 36.4. The second kappa shape index (κ2) is 16.3. The number of amides is 2. The van der Waals surface area contributed by atoms with Gasteiger partial charge in [-0.25, -0.2) is 0 Å². The lowest BCUT2D eigenvalue weighted by Gasteiger charge is -2.62. The van der Waals surface area contributed by atoms with E-state index < -0.39 is 24.2 Å². The maximum Gasteiger partial charge on any atom is 0.255 e. The first-order valence-electron chi connectivity index (χ1n) is 19.2. The molecule has 9 atom stereocenters. The minimum absolute atomic E-state index is 0.0185. The van der Waals surface area contributed by atoms with Crippen molar-refractivity contribution in [3.63, 3.8) is 0 Å². The van der Waals surface area contributed by atoms with E-state index in [9.17, 15) is 19.8 Å². The van der Waals surface area contributed by atoms with Gasteiger partial charge in [-0.2, -0.15) is 5.06 Å². The summed E-state index contributed by atoms with van der Waals surface area (Å²) in [6.45, 7) is 15.6. The van der Waals surface area contributed by atoms with Crippen LogP contribution in [-0.2, 0) is 16.2 Å². The van der Waals surface area contributed by atoms with Crippen LogP contribution in [0.3, 0.4) is 0 Å². The van der Waals surface area contributed by atoms with Gasteiger partial charge in [-0.15, -0.1) is 0 Å². The molecule has 0 aromatic heterocycles. The number of fused-ring (bicyclic) bond motifs is 2. The van der Waals surface area contributed by atoms with Gasteiger partial charge >= 0.3 is 0 Å². The molecule has 2 aromatic carbocycles. The van der Waals surface area contributed by atoms with Gasteiger partial charge in [-0.3, -0.25) is 14.4 Å². The van der Waals surface area contributed by atoms with Gasteiger partial charge in [0.2, 0.25) is 5.91 Å². The number of nitrogens with one attached hydrogen (secondary N) is 2. The highest BCUT2D eigenvalue weighted by Crippen LogP contribution is 2.61. The summed E-state index contributed by atoms with van der Waals surface area (Å²) in [5.74, 6) is 1.42.